The predicted molar refractivity (Wildman–Crippen MR) is 470 cm³/mol. The molecule has 21 rings (SSSR count). The van der Waals surface area contributed by atoms with Crippen LogP contribution in [0.5, 0.6) is 23.0 Å². The van der Waals surface area contributed by atoms with Crippen LogP contribution in [0.1, 0.15) is 159 Å². The smallest absolute Gasteiger partial charge is 0.306 e. The summed E-state index contributed by atoms with van der Waals surface area (Å²) in [5, 5.41) is 18.7. The third kappa shape index (κ3) is 16.7. The van der Waals surface area contributed by atoms with Crippen LogP contribution in [0.2, 0.25) is 0 Å². The Morgan fingerprint density at radius 1 is 0.430 bits per heavy atom. The van der Waals surface area contributed by atoms with Crippen LogP contribution < -0.4 is 45.8 Å². The molecule has 38 heteroatoms. The summed E-state index contributed by atoms with van der Waals surface area (Å²) in [7, 11) is 6.10. The Morgan fingerprint density at radius 3 is 1.20 bits per heavy atom. The number of pyridine rings is 5. The van der Waals surface area contributed by atoms with Crippen molar-refractivity contribution in [3.8, 4) is 23.0 Å². The number of amides is 12. The highest BCUT2D eigenvalue weighted by atomic mass is 16.5. The molecule has 0 radical (unpaired) electrons. The van der Waals surface area contributed by atoms with E-state index in [4.69, 9.17) is 41.4 Å². The fourth-order valence-corrected chi connectivity index (χ4v) is 18.2. The summed E-state index contributed by atoms with van der Waals surface area (Å²) >= 11 is 0. The van der Waals surface area contributed by atoms with Crippen molar-refractivity contribution in [3.05, 3.63) is 271 Å². The van der Waals surface area contributed by atoms with Crippen molar-refractivity contribution in [1.82, 2.24) is 65.8 Å². The van der Waals surface area contributed by atoms with Gasteiger partial charge in [0.2, 0.25) is 52.8 Å². The predicted octanol–water partition coefficient (Wildman–Crippen LogP) is 7.56. The van der Waals surface area contributed by atoms with Gasteiger partial charge in [0.05, 0.1) is 78.4 Å². The van der Waals surface area contributed by atoms with E-state index >= 15 is 0 Å². The minimum atomic E-state index is -1.41. The lowest BCUT2D eigenvalue weighted by Crippen LogP contribution is -2.46. The molecule has 4 aromatic carbocycles. The van der Waals surface area contributed by atoms with Crippen LogP contribution in [-0.4, -0.2) is 187 Å². The maximum absolute atomic E-state index is 13.2. The summed E-state index contributed by atoms with van der Waals surface area (Å²) < 4.78 is 50.0. The van der Waals surface area contributed by atoms with E-state index in [0.717, 1.165) is 22.3 Å². The number of aliphatic hydroxyl groups excluding tert-OH is 1. The number of benzene rings is 4. The summed E-state index contributed by atoms with van der Waals surface area (Å²) in [6.45, 7) is 2.77. The molecule has 12 amide bonds. The number of hydrogen-bond donors (Lipinski definition) is 6. The van der Waals surface area contributed by atoms with Gasteiger partial charge in [0.1, 0.15) is 90.9 Å². The molecule has 8 aliphatic heterocycles. The number of H-pyrrole nitrogens is 1. The van der Waals surface area contributed by atoms with Gasteiger partial charge < -0.3 is 71.0 Å². The molecule has 38 nitrogen and oxygen atoms in total. The monoisotopic (exact) mass is 1830 g/mol. The third-order valence-electron chi connectivity index (χ3n) is 25.1. The number of carbonyl (C=O) groups is 14. The third-order valence-corrected chi connectivity index (χ3v) is 25.1. The zero-order valence-electron chi connectivity index (χ0n) is 73.0. The number of aliphatic hydroxyl groups is 1. The van der Waals surface area contributed by atoms with Crippen molar-refractivity contribution in [2.75, 3.05) is 54.6 Å². The summed E-state index contributed by atoms with van der Waals surface area (Å²) in [5.41, 5.74) is 4.96. The number of hydrogen-bond acceptors (Lipinski definition) is 29. The second kappa shape index (κ2) is 35.6. The van der Waals surface area contributed by atoms with E-state index in [1.807, 2.05) is 31.2 Å². The zero-order chi connectivity index (χ0) is 94.7. The number of aromatic amines is 1. The Balaban J connectivity index is 0.000000121. The standard InChI is InChI=1S/C28H22N4O6.C26H25N3O7.C22H19N3O6.C21H17N3O6/c1-37-19-6-4-17-14-32(26(35)20(17)10-19)15-28(12-25(34)31-27(28)36)24-11-21-23(38-24)7-5-18(30-21)9-22(33)16-3-2-8-29-13-16;1-3-4-23(31)35-13-15-7-20-19(27-11-15)9-21(36-20)26(10-22(30)28-25(26)33)14-29-12-16-5-6-17(34-2)8-18(16)24(29)32;1-30-14-4-2-12-9-25(20(28)15(12)6-14)11-22(8-19(27)24-21(22)29)18-7-16-17(31-18)5-3-13(10-26)23-16;1-29-12-3-2-11-9-24(19(27)13(11)6-12)10-21(8-18(26)23-20(21)28)16-7-14-15(30-16)4-5-17(25)22-14/h2-8,10-11,13H,9,12,14-15H2,1H3,(H,31,34,36);5-9,11H,3-4,10,12-14H2,1-2H3,(H,28,30,33);2-7,26H,8-11H2,1H3,(H,24,27,29);2-7H,8-10H2,1H3,(H,22,25)(H,23,26,28)/t28-;26-;22-;21-/m1111/s1. The van der Waals surface area contributed by atoms with Crippen molar-refractivity contribution in [1.29, 1.82) is 0 Å². The number of Topliss-reactive ketones (excluding diaryl/α,β-unsaturated/α-hetero) is 1. The van der Waals surface area contributed by atoms with E-state index < -0.39 is 68.9 Å². The SMILES string of the molecule is CCCC(=O)OCc1cnc2cc([C@]3(CN4Cc5ccc(OC)cc5C4=O)CC(=O)NC3=O)oc2c1.COc1ccc2c(c1)C(=O)N(C[C@@]1(c3cc4[nH]c(=O)ccc4o3)CC(=O)NC1=O)C2.COc1ccc2c(c1)C(=O)N(C[C@@]1(c3cc4nc(CC(=O)c5cccnc5)ccc4o3)CC(=O)NC1=O)C2.COc1ccc2c(c1)C(=O)N(C[C@@]1(c3cc4nc(CO)ccc4o3)CC(=O)NC1=O)C2. The molecule has 4 atom stereocenters. The molecule has 135 heavy (non-hydrogen) atoms. The lowest BCUT2D eigenvalue weighted by atomic mass is 9.82. The van der Waals surface area contributed by atoms with Crippen molar-refractivity contribution < 1.29 is 114 Å². The molecule has 8 aliphatic rings. The fraction of sp³-hybridized carbons (Fsp3) is 0.268. The molecular formula is C97H83N13O25. The molecule has 6 N–H and O–H groups in total. The first-order valence-electron chi connectivity index (χ1n) is 42.8. The Labute approximate surface area is 763 Å². The first kappa shape index (κ1) is 88.9. The molecule has 4 fully saturated rings. The van der Waals surface area contributed by atoms with Gasteiger partial charge in [-0.05, 0) is 126 Å². The van der Waals surface area contributed by atoms with Crippen molar-refractivity contribution in [2.45, 2.75) is 113 Å². The molecule has 17 heterocycles. The van der Waals surface area contributed by atoms with E-state index in [2.05, 4.69) is 46.2 Å². The average Bonchev–Trinajstić information content (AvgIpc) is 1.61. The summed E-state index contributed by atoms with van der Waals surface area (Å²) in [6, 6.07) is 42.0. The van der Waals surface area contributed by atoms with Crippen molar-refractivity contribution in [2.24, 2.45) is 0 Å². The van der Waals surface area contributed by atoms with Crippen molar-refractivity contribution >= 4 is 127 Å². The van der Waals surface area contributed by atoms with Gasteiger partial charge in [0, 0.05) is 147 Å². The normalized spacial score (nSPS) is 19.6. The minimum Gasteiger partial charge on any atom is -0.497 e. The Hall–Kier alpha value is -16.7. The number of carbonyl (C=O) groups excluding carboxylic acids is 14. The number of aromatic nitrogens is 5. The number of nitrogens with zero attached hydrogens (tertiary/aromatic N) is 8. The largest absolute Gasteiger partial charge is 0.497 e. The van der Waals surface area contributed by atoms with Crippen LogP contribution in [0.3, 0.4) is 0 Å². The Bertz CT molecular complexity index is 7250. The Kier molecular flexibility index (Phi) is 23.4. The lowest BCUT2D eigenvalue weighted by molar-refractivity contribution is -0.145. The maximum Gasteiger partial charge on any atom is 0.306 e. The van der Waals surface area contributed by atoms with Gasteiger partial charge in [-0.3, -0.25) is 103 Å². The van der Waals surface area contributed by atoms with Crippen LogP contribution in [0.15, 0.2) is 193 Å². The number of fused-ring (bicyclic) bond motifs is 8. The minimum absolute atomic E-state index is 0.0208. The number of methoxy groups -OCH3 is 4. The first-order valence-corrected chi connectivity index (χ1v) is 42.8. The van der Waals surface area contributed by atoms with Crippen LogP contribution in [0, 0.1) is 0 Å². The van der Waals surface area contributed by atoms with E-state index in [0.29, 0.717) is 151 Å². The van der Waals surface area contributed by atoms with Gasteiger partial charge in [-0.15, -0.1) is 0 Å². The number of ketones is 1. The molecule has 0 aliphatic carbocycles. The number of rotatable bonds is 24. The van der Waals surface area contributed by atoms with Crippen LogP contribution in [0.25, 0.3) is 44.4 Å². The van der Waals surface area contributed by atoms with Gasteiger partial charge in [-0.1, -0.05) is 31.2 Å². The molecule has 0 unspecified atom stereocenters. The number of furan rings is 4. The molecule has 13 aromatic rings. The number of imide groups is 4. The fourth-order valence-electron chi connectivity index (χ4n) is 18.2. The number of ether oxygens (including phenoxy) is 5. The highest BCUT2D eigenvalue weighted by Crippen LogP contribution is 2.45. The van der Waals surface area contributed by atoms with E-state index in [-0.39, 0.29) is 135 Å². The van der Waals surface area contributed by atoms with E-state index in [1.165, 1.54) is 51.7 Å². The van der Waals surface area contributed by atoms with Gasteiger partial charge >= 0.3 is 5.97 Å². The van der Waals surface area contributed by atoms with Gasteiger partial charge in [-0.2, -0.15) is 0 Å². The zero-order valence-corrected chi connectivity index (χ0v) is 73.0. The quantitative estimate of drug-likeness (QED) is 0.0193. The van der Waals surface area contributed by atoms with Crippen LogP contribution >= 0.6 is 0 Å². The molecule has 0 saturated carbocycles. The van der Waals surface area contributed by atoms with Crippen LogP contribution in [-0.2, 0) is 115 Å². The molecule has 9 aromatic heterocycles. The topological polar surface area (TPSA) is 503 Å². The summed E-state index contributed by atoms with van der Waals surface area (Å²) in [4.78, 5) is 216. The van der Waals surface area contributed by atoms with Gasteiger partial charge in [0.15, 0.2) is 28.1 Å². The average molecular weight is 1830 g/mol. The van der Waals surface area contributed by atoms with Gasteiger partial charge in [-0.25, -0.2) is 9.97 Å². The molecule has 0 bridgehead atoms. The summed E-state index contributed by atoms with van der Waals surface area (Å²) in [6.07, 6.45) is 5.15. The second-order valence-electron chi connectivity index (χ2n) is 33.8. The van der Waals surface area contributed by atoms with Crippen LogP contribution in [0.4, 0.5) is 0 Å². The van der Waals surface area contributed by atoms with Gasteiger partial charge in [0.25, 0.3) is 23.6 Å². The second-order valence-corrected chi connectivity index (χ2v) is 33.8. The number of nitrogens with one attached hydrogen (secondary N) is 5. The summed E-state index contributed by atoms with van der Waals surface area (Å²) in [5.74, 6) is -2.07. The highest BCUT2D eigenvalue weighted by Gasteiger charge is 2.58. The maximum atomic E-state index is 13.2. The lowest BCUT2D eigenvalue weighted by Gasteiger charge is -2.28. The number of esters is 1. The van der Waals surface area contributed by atoms with E-state index in [1.54, 1.807) is 142 Å². The molecule has 686 valence electrons. The molecule has 4 saturated heterocycles. The van der Waals surface area contributed by atoms with E-state index in [9.17, 15) is 77.0 Å². The van der Waals surface area contributed by atoms with Crippen molar-refractivity contribution in [3.63, 3.8) is 0 Å². The molecule has 0 spiro atoms. The first-order chi connectivity index (χ1) is 65.0. The highest BCUT2D eigenvalue weighted by molar-refractivity contribution is 6.13. The Morgan fingerprint density at radius 2 is 0.815 bits per heavy atom. The molecular weight excluding hydrogens is 1750 g/mol.